The van der Waals surface area contributed by atoms with Crippen molar-refractivity contribution in [2.75, 3.05) is 0 Å². The molecule has 0 aliphatic carbocycles. The summed E-state index contributed by atoms with van der Waals surface area (Å²) in [4.78, 5) is 0. The fraction of sp³-hybridized carbons (Fsp3) is 0.250. The zero-order valence-electron chi connectivity index (χ0n) is 9.51. The molecule has 0 aliphatic rings. The number of nitrogens with one attached hydrogen (secondary N) is 1. The second-order valence-electron chi connectivity index (χ2n) is 3.07. The van der Waals surface area contributed by atoms with Crippen LogP contribution in [-0.4, -0.2) is 10.2 Å². The van der Waals surface area contributed by atoms with Crippen molar-refractivity contribution in [1.29, 1.82) is 0 Å². The smallest absolute Gasteiger partial charge is 0.134 e. The minimum Gasteiger partial charge on any atom is -0.285 e. The molecule has 1 aromatic carbocycles. The van der Waals surface area contributed by atoms with Gasteiger partial charge in [0.15, 0.2) is 0 Å². The summed E-state index contributed by atoms with van der Waals surface area (Å²) in [5.41, 5.74) is 1.07. The van der Waals surface area contributed by atoms with Crippen LogP contribution in [0.15, 0.2) is 24.5 Å². The van der Waals surface area contributed by atoms with E-state index in [-0.39, 0.29) is 5.56 Å². The van der Waals surface area contributed by atoms with Crippen LogP contribution in [-0.2, 0) is 0 Å². The molecule has 0 atom stereocenters. The third-order valence-electron chi connectivity index (χ3n) is 2.03. The van der Waals surface area contributed by atoms with E-state index in [1.165, 1.54) is 25.4 Å². The van der Waals surface area contributed by atoms with Gasteiger partial charge in [-0.1, -0.05) is 13.8 Å². The Kier molecular flexibility index (Phi) is 4.17. The van der Waals surface area contributed by atoms with Crippen molar-refractivity contribution in [3.05, 3.63) is 41.7 Å². The summed E-state index contributed by atoms with van der Waals surface area (Å²) in [6, 6.07) is 2.33. The molecule has 0 fully saturated rings. The lowest BCUT2D eigenvalue weighted by atomic mass is 10.1. The third-order valence-corrected chi connectivity index (χ3v) is 2.03. The molecule has 0 aliphatic heterocycles. The molecule has 1 heterocycles. The SMILES string of the molecule is CC.Cc1cc(F)cc(-c2cn[nH]c2)c1F. The highest BCUT2D eigenvalue weighted by Crippen LogP contribution is 2.24. The van der Waals surface area contributed by atoms with Crippen molar-refractivity contribution in [1.82, 2.24) is 10.2 Å². The number of aromatic amines is 1. The fourth-order valence-electron chi connectivity index (χ4n) is 1.33. The Balaban J connectivity index is 0.000000606. The Hall–Kier alpha value is -1.71. The van der Waals surface area contributed by atoms with Crippen molar-refractivity contribution >= 4 is 0 Å². The third kappa shape index (κ3) is 2.45. The van der Waals surface area contributed by atoms with Crippen LogP contribution in [0.1, 0.15) is 19.4 Å². The van der Waals surface area contributed by atoms with Gasteiger partial charge < -0.3 is 0 Å². The average molecular weight is 224 g/mol. The number of aromatic nitrogens is 2. The molecule has 0 spiro atoms. The molecule has 0 unspecified atom stereocenters. The molecule has 0 bridgehead atoms. The van der Waals surface area contributed by atoms with Gasteiger partial charge in [0, 0.05) is 17.3 Å². The molecule has 2 aromatic rings. The second-order valence-corrected chi connectivity index (χ2v) is 3.07. The maximum Gasteiger partial charge on any atom is 0.134 e. The number of halogens is 2. The van der Waals surface area contributed by atoms with E-state index in [1.807, 2.05) is 13.8 Å². The molecular weight excluding hydrogens is 210 g/mol. The first-order valence-corrected chi connectivity index (χ1v) is 5.13. The number of hydrogen-bond acceptors (Lipinski definition) is 1. The predicted octanol–water partition coefficient (Wildman–Crippen LogP) is 3.69. The van der Waals surface area contributed by atoms with E-state index in [4.69, 9.17) is 0 Å². The summed E-state index contributed by atoms with van der Waals surface area (Å²) in [5.74, 6) is -0.854. The topological polar surface area (TPSA) is 28.7 Å². The summed E-state index contributed by atoms with van der Waals surface area (Å²) in [5, 5.41) is 6.24. The largest absolute Gasteiger partial charge is 0.285 e. The summed E-state index contributed by atoms with van der Waals surface area (Å²) in [6.45, 7) is 5.53. The highest BCUT2D eigenvalue weighted by Gasteiger charge is 2.10. The Morgan fingerprint density at radius 1 is 1.19 bits per heavy atom. The number of nitrogens with zero attached hydrogens (tertiary/aromatic N) is 1. The Labute approximate surface area is 93.3 Å². The summed E-state index contributed by atoms with van der Waals surface area (Å²) in [7, 11) is 0. The fourth-order valence-corrected chi connectivity index (χ4v) is 1.33. The van der Waals surface area contributed by atoms with Crippen LogP contribution in [0.4, 0.5) is 8.78 Å². The van der Waals surface area contributed by atoms with Gasteiger partial charge in [-0.3, -0.25) is 5.10 Å². The number of benzene rings is 1. The van der Waals surface area contributed by atoms with Crippen molar-refractivity contribution in [2.45, 2.75) is 20.8 Å². The number of H-pyrrole nitrogens is 1. The first kappa shape index (κ1) is 12.4. The molecule has 2 rings (SSSR count). The second kappa shape index (κ2) is 5.39. The van der Waals surface area contributed by atoms with Crippen molar-refractivity contribution < 1.29 is 8.78 Å². The first-order valence-electron chi connectivity index (χ1n) is 5.13. The minimum atomic E-state index is -0.444. The predicted molar refractivity (Wildman–Crippen MR) is 60.0 cm³/mol. The van der Waals surface area contributed by atoms with Gasteiger partial charge in [-0.15, -0.1) is 0 Å². The van der Waals surface area contributed by atoms with Gasteiger partial charge in [-0.25, -0.2) is 8.78 Å². The van der Waals surface area contributed by atoms with Crippen LogP contribution >= 0.6 is 0 Å². The van der Waals surface area contributed by atoms with Gasteiger partial charge in [0.1, 0.15) is 11.6 Å². The zero-order valence-corrected chi connectivity index (χ0v) is 9.51. The van der Waals surface area contributed by atoms with E-state index in [9.17, 15) is 8.78 Å². The normalized spacial score (nSPS) is 9.56. The molecule has 1 N–H and O–H groups in total. The summed E-state index contributed by atoms with van der Waals surface area (Å²) < 4.78 is 26.5. The zero-order chi connectivity index (χ0) is 12.1. The van der Waals surface area contributed by atoms with Gasteiger partial charge in [0.25, 0.3) is 0 Å². The molecule has 86 valence electrons. The first-order chi connectivity index (χ1) is 7.68. The van der Waals surface area contributed by atoms with Gasteiger partial charge >= 0.3 is 0 Å². The lowest BCUT2D eigenvalue weighted by Gasteiger charge is -2.03. The van der Waals surface area contributed by atoms with Crippen LogP contribution in [0, 0.1) is 18.6 Å². The average Bonchev–Trinajstić information content (AvgIpc) is 2.79. The van der Waals surface area contributed by atoms with Crippen LogP contribution < -0.4 is 0 Å². The molecule has 4 heteroatoms. The van der Waals surface area contributed by atoms with Crippen LogP contribution in [0.2, 0.25) is 0 Å². The van der Waals surface area contributed by atoms with E-state index < -0.39 is 11.6 Å². The Morgan fingerprint density at radius 3 is 2.44 bits per heavy atom. The maximum atomic E-state index is 13.5. The van der Waals surface area contributed by atoms with Crippen LogP contribution in [0.3, 0.4) is 0 Å². The molecule has 2 nitrogen and oxygen atoms in total. The van der Waals surface area contributed by atoms with Crippen molar-refractivity contribution in [3.63, 3.8) is 0 Å². The number of aryl methyl sites for hydroxylation is 1. The molecule has 0 radical (unpaired) electrons. The maximum absolute atomic E-state index is 13.5. The molecule has 0 saturated heterocycles. The van der Waals surface area contributed by atoms with Crippen LogP contribution in [0.25, 0.3) is 11.1 Å². The summed E-state index contributed by atoms with van der Waals surface area (Å²) in [6.07, 6.45) is 2.98. The van der Waals surface area contributed by atoms with Gasteiger partial charge in [0.2, 0.25) is 0 Å². The molecule has 1 aromatic heterocycles. The number of hydrogen-bond donors (Lipinski definition) is 1. The Morgan fingerprint density at radius 2 is 1.88 bits per heavy atom. The molecular formula is C12H14F2N2. The van der Waals surface area contributed by atoms with Crippen molar-refractivity contribution in [2.24, 2.45) is 0 Å². The molecule has 16 heavy (non-hydrogen) atoms. The molecule has 0 amide bonds. The number of rotatable bonds is 1. The van der Waals surface area contributed by atoms with Gasteiger partial charge in [-0.2, -0.15) is 5.10 Å². The lowest BCUT2D eigenvalue weighted by Crippen LogP contribution is -1.89. The monoisotopic (exact) mass is 224 g/mol. The van der Waals surface area contributed by atoms with Crippen molar-refractivity contribution in [3.8, 4) is 11.1 Å². The minimum absolute atomic E-state index is 0.233. The van der Waals surface area contributed by atoms with E-state index in [0.717, 1.165) is 6.07 Å². The standard InChI is InChI=1S/C10H8F2N2.C2H6/c1-6-2-8(11)3-9(10(6)12)7-4-13-14-5-7;1-2/h2-5H,1H3,(H,13,14);1-2H3. The van der Waals surface area contributed by atoms with E-state index >= 15 is 0 Å². The Bertz CT molecular complexity index is 450. The van der Waals surface area contributed by atoms with Crippen LogP contribution in [0.5, 0.6) is 0 Å². The molecule has 0 saturated carbocycles. The van der Waals surface area contributed by atoms with Gasteiger partial charge in [-0.05, 0) is 24.6 Å². The van der Waals surface area contributed by atoms with E-state index in [0.29, 0.717) is 11.1 Å². The quantitative estimate of drug-likeness (QED) is 0.786. The highest BCUT2D eigenvalue weighted by molar-refractivity contribution is 5.63. The summed E-state index contributed by atoms with van der Waals surface area (Å²) >= 11 is 0. The highest BCUT2D eigenvalue weighted by atomic mass is 19.1. The van der Waals surface area contributed by atoms with E-state index in [1.54, 1.807) is 0 Å². The van der Waals surface area contributed by atoms with E-state index in [2.05, 4.69) is 10.2 Å². The lowest BCUT2D eigenvalue weighted by molar-refractivity contribution is 0.595. The van der Waals surface area contributed by atoms with Gasteiger partial charge in [0.05, 0.1) is 6.20 Å².